The lowest BCUT2D eigenvalue weighted by Gasteiger charge is -2.20. The second-order valence-electron chi connectivity index (χ2n) is 4.57. The van der Waals surface area contributed by atoms with Crippen molar-refractivity contribution in [2.24, 2.45) is 5.92 Å². The molecule has 3 unspecified atom stereocenters. The highest BCUT2D eigenvalue weighted by Gasteiger charge is 2.26. The lowest BCUT2D eigenvalue weighted by molar-refractivity contribution is 0.100. The minimum atomic E-state index is -0.254. The molecule has 1 aliphatic rings. The summed E-state index contributed by atoms with van der Waals surface area (Å²) in [7, 11) is 0. The van der Waals surface area contributed by atoms with Gasteiger partial charge in [0.2, 0.25) is 0 Å². The first-order valence-corrected chi connectivity index (χ1v) is 5.83. The largest absolute Gasteiger partial charge is 0.393 e. The molecule has 0 amide bonds. The predicted octanol–water partition coefficient (Wildman–Crippen LogP) is 1.02. The van der Waals surface area contributed by atoms with E-state index in [0.29, 0.717) is 5.92 Å². The number of nitrogens with zero attached hydrogens (tertiary/aromatic N) is 1. The van der Waals surface area contributed by atoms with E-state index in [0.717, 1.165) is 38.9 Å². The van der Waals surface area contributed by atoms with Crippen molar-refractivity contribution in [1.82, 2.24) is 4.90 Å². The highest BCUT2D eigenvalue weighted by Crippen LogP contribution is 2.20. The van der Waals surface area contributed by atoms with E-state index in [-0.39, 0.29) is 12.2 Å². The van der Waals surface area contributed by atoms with Crippen LogP contribution in [-0.2, 0) is 0 Å². The van der Waals surface area contributed by atoms with E-state index in [9.17, 15) is 10.2 Å². The summed E-state index contributed by atoms with van der Waals surface area (Å²) < 4.78 is 0. The zero-order chi connectivity index (χ0) is 11.3. The summed E-state index contributed by atoms with van der Waals surface area (Å²) in [5.74, 6) is 0.386. The maximum atomic E-state index is 9.71. The van der Waals surface area contributed by atoms with Crippen LogP contribution in [0.4, 0.5) is 0 Å². The molecule has 3 nitrogen and oxygen atoms in total. The number of aliphatic hydroxyl groups is 2. The summed E-state index contributed by atoms with van der Waals surface area (Å²) in [6.45, 7) is 8.14. The molecule has 0 aromatic carbocycles. The van der Waals surface area contributed by atoms with Gasteiger partial charge >= 0.3 is 0 Å². The van der Waals surface area contributed by atoms with Gasteiger partial charge in [-0.25, -0.2) is 0 Å². The molecule has 3 heteroatoms. The first kappa shape index (κ1) is 12.7. The van der Waals surface area contributed by atoms with Crippen LogP contribution >= 0.6 is 0 Å². The fourth-order valence-electron chi connectivity index (χ4n) is 2.12. The molecule has 15 heavy (non-hydrogen) atoms. The summed E-state index contributed by atoms with van der Waals surface area (Å²) in [5, 5.41) is 19.2. The Balaban J connectivity index is 2.20. The third-order valence-electron chi connectivity index (χ3n) is 3.16. The first-order valence-electron chi connectivity index (χ1n) is 5.83. The monoisotopic (exact) mass is 213 g/mol. The van der Waals surface area contributed by atoms with Gasteiger partial charge in [-0.05, 0) is 38.6 Å². The van der Waals surface area contributed by atoms with Gasteiger partial charge in [-0.3, -0.25) is 0 Å². The molecule has 1 saturated heterocycles. The van der Waals surface area contributed by atoms with Crippen molar-refractivity contribution < 1.29 is 10.2 Å². The normalized spacial score (nSPS) is 26.5. The minimum absolute atomic E-state index is 0.222. The van der Waals surface area contributed by atoms with Crippen molar-refractivity contribution in [2.45, 2.75) is 38.4 Å². The molecule has 0 saturated carbocycles. The van der Waals surface area contributed by atoms with Crippen molar-refractivity contribution in [3.8, 4) is 0 Å². The van der Waals surface area contributed by atoms with Crippen LogP contribution in [-0.4, -0.2) is 47.0 Å². The zero-order valence-electron chi connectivity index (χ0n) is 9.60. The second-order valence-corrected chi connectivity index (χ2v) is 4.57. The van der Waals surface area contributed by atoms with Crippen LogP contribution in [0.2, 0.25) is 0 Å². The Morgan fingerprint density at radius 2 is 2.27 bits per heavy atom. The van der Waals surface area contributed by atoms with Gasteiger partial charge in [0, 0.05) is 13.1 Å². The van der Waals surface area contributed by atoms with E-state index in [2.05, 4.69) is 11.5 Å². The summed E-state index contributed by atoms with van der Waals surface area (Å²) in [4.78, 5) is 2.24. The topological polar surface area (TPSA) is 43.7 Å². The molecule has 0 radical (unpaired) electrons. The second kappa shape index (κ2) is 6.26. The molecule has 1 rings (SSSR count). The van der Waals surface area contributed by atoms with Gasteiger partial charge < -0.3 is 15.1 Å². The highest BCUT2D eigenvalue weighted by atomic mass is 16.3. The Kier molecular flexibility index (Phi) is 5.29. The van der Waals surface area contributed by atoms with Crippen LogP contribution in [0.3, 0.4) is 0 Å². The predicted molar refractivity (Wildman–Crippen MR) is 61.7 cm³/mol. The van der Waals surface area contributed by atoms with E-state index < -0.39 is 0 Å². The number of likely N-dealkylation sites (tertiary alicyclic amines) is 1. The maximum Gasteiger partial charge on any atom is 0.0670 e. The van der Waals surface area contributed by atoms with Gasteiger partial charge in [0.15, 0.2) is 0 Å². The number of β-amino-alcohol motifs (C(OH)–C–C–N with tert-alkyl or cyclic N) is 1. The number of aliphatic hydroxyl groups excluding tert-OH is 2. The Morgan fingerprint density at radius 1 is 1.53 bits per heavy atom. The number of hydrogen-bond donors (Lipinski definition) is 2. The Morgan fingerprint density at radius 3 is 2.80 bits per heavy atom. The van der Waals surface area contributed by atoms with Crippen LogP contribution in [0.25, 0.3) is 0 Å². The molecule has 0 aromatic heterocycles. The molecule has 0 aliphatic carbocycles. The van der Waals surface area contributed by atoms with E-state index in [4.69, 9.17) is 0 Å². The quantitative estimate of drug-likeness (QED) is 0.647. The molecule has 1 fully saturated rings. The molecule has 2 N–H and O–H groups in total. The van der Waals surface area contributed by atoms with Crippen LogP contribution in [0.1, 0.15) is 26.2 Å². The third kappa shape index (κ3) is 4.33. The first-order chi connectivity index (χ1) is 7.13. The van der Waals surface area contributed by atoms with Gasteiger partial charge in [0.1, 0.15) is 0 Å². The van der Waals surface area contributed by atoms with E-state index in [1.54, 1.807) is 0 Å². The Labute approximate surface area is 92.4 Å². The third-order valence-corrected chi connectivity index (χ3v) is 3.16. The van der Waals surface area contributed by atoms with Gasteiger partial charge in [-0.1, -0.05) is 6.08 Å². The van der Waals surface area contributed by atoms with Crippen molar-refractivity contribution in [2.75, 3.05) is 19.6 Å². The Hall–Kier alpha value is -0.380. The van der Waals surface area contributed by atoms with E-state index in [1.165, 1.54) is 0 Å². The molecule has 1 aliphatic heterocycles. The number of hydrogen-bond acceptors (Lipinski definition) is 3. The summed E-state index contributed by atoms with van der Waals surface area (Å²) in [6, 6.07) is 0. The lowest BCUT2D eigenvalue weighted by Crippen LogP contribution is -2.31. The smallest absolute Gasteiger partial charge is 0.0670 e. The van der Waals surface area contributed by atoms with Crippen LogP contribution in [0.5, 0.6) is 0 Å². The standard InChI is InChI=1S/C12H23NO2/c1-3-4-5-12(15)9-13-7-6-11(8-13)10(2)14/h3,10-12,14-15H,1,4-9H2,2H3. The number of allylic oxidation sites excluding steroid dienone is 1. The maximum absolute atomic E-state index is 9.71. The van der Waals surface area contributed by atoms with Gasteiger partial charge in [-0.2, -0.15) is 0 Å². The fraction of sp³-hybridized carbons (Fsp3) is 0.833. The van der Waals surface area contributed by atoms with E-state index in [1.807, 2.05) is 13.0 Å². The summed E-state index contributed by atoms with van der Waals surface area (Å²) in [5.41, 5.74) is 0. The SMILES string of the molecule is C=CCCC(O)CN1CCC(C(C)O)C1. The Bertz CT molecular complexity index is 194. The average molecular weight is 213 g/mol. The van der Waals surface area contributed by atoms with Gasteiger partial charge in [-0.15, -0.1) is 6.58 Å². The molecule has 1 heterocycles. The van der Waals surface area contributed by atoms with Gasteiger partial charge in [0.05, 0.1) is 12.2 Å². The van der Waals surface area contributed by atoms with E-state index >= 15 is 0 Å². The molecular weight excluding hydrogens is 190 g/mol. The fourth-order valence-corrected chi connectivity index (χ4v) is 2.12. The van der Waals surface area contributed by atoms with Crippen molar-refractivity contribution >= 4 is 0 Å². The van der Waals surface area contributed by atoms with Crippen LogP contribution in [0.15, 0.2) is 12.7 Å². The molecular formula is C12H23NO2. The van der Waals surface area contributed by atoms with Crippen LogP contribution < -0.4 is 0 Å². The summed E-state index contributed by atoms with van der Waals surface area (Å²) >= 11 is 0. The minimum Gasteiger partial charge on any atom is -0.393 e. The average Bonchev–Trinajstić information content (AvgIpc) is 2.63. The molecule has 0 spiro atoms. The molecule has 0 aromatic rings. The molecule has 3 atom stereocenters. The lowest BCUT2D eigenvalue weighted by atomic mass is 10.0. The zero-order valence-corrected chi connectivity index (χ0v) is 9.60. The molecule has 88 valence electrons. The highest BCUT2D eigenvalue weighted by molar-refractivity contribution is 4.81. The molecule has 0 bridgehead atoms. The van der Waals surface area contributed by atoms with Crippen LogP contribution in [0, 0.1) is 5.92 Å². The van der Waals surface area contributed by atoms with Crippen molar-refractivity contribution in [3.63, 3.8) is 0 Å². The van der Waals surface area contributed by atoms with Crippen molar-refractivity contribution in [1.29, 1.82) is 0 Å². The number of rotatable bonds is 6. The van der Waals surface area contributed by atoms with Crippen molar-refractivity contribution in [3.05, 3.63) is 12.7 Å². The summed E-state index contributed by atoms with van der Waals surface area (Å²) in [6.07, 6.45) is 4.07. The van der Waals surface area contributed by atoms with Gasteiger partial charge in [0.25, 0.3) is 0 Å².